The number of nitrogens with zero attached hydrogens (tertiary/aromatic N) is 1. The number of hydrogen-bond donors (Lipinski definition) is 2. The van der Waals surface area contributed by atoms with E-state index in [0.717, 1.165) is 30.2 Å². The molecule has 2 N–H and O–H groups in total. The number of rotatable bonds is 7. The number of aryl methyl sites for hydroxylation is 2. The summed E-state index contributed by atoms with van der Waals surface area (Å²) in [5.74, 6) is 1.66. The van der Waals surface area contributed by atoms with Crippen molar-refractivity contribution in [2.45, 2.75) is 26.8 Å². The summed E-state index contributed by atoms with van der Waals surface area (Å²) in [5.41, 5.74) is 5.86. The van der Waals surface area contributed by atoms with Gasteiger partial charge in [-0.15, -0.1) is 0 Å². The molecule has 160 valence electrons. The molecule has 2 aromatic heterocycles. The summed E-state index contributed by atoms with van der Waals surface area (Å²) in [6.07, 6.45) is 2.56. The van der Waals surface area contributed by atoms with E-state index < -0.39 is 0 Å². The molecule has 0 fully saturated rings. The first-order chi connectivity index (χ1) is 15.0. The van der Waals surface area contributed by atoms with Crippen LogP contribution in [0.3, 0.4) is 0 Å². The molecule has 4 rings (SSSR count). The van der Waals surface area contributed by atoms with Crippen LogP contribution in [0.5, 0.6) is 5.75 Å². The predicted molar refractivity (Wildman–Crippen MR) is 130 cm³/mol. The summed E-state index contributed by atoms with van der Waals surface area (Å²) in [5, 5.41) is 5.28. The van der Waals surface area contributed by atoms with Crippen molar-refractivity contribution in [2.24, 2.45) is 0 Å². The average molecular weight is 434 g/mol. The highest BCUT2D eigenvalue weighted by Crippen LogP contribution is 2.24. The van der Waals surface area contributed by atoms with Crippen LogP contribution in [0.2, 0.25) is 0 Å². The topological polar surface area (TPSA) is 53.4 Å². The maximum absolute atomic E-state index is 5.78. The summed E-state index contributed by atoms with van der Waals surface area (Å²) < 4.78 is 10.9. The Balaban J connectivity index is 1.54. The standard InChI is InChI=1S/C25H27N3O2S/c1-17-9-10-24-23(14-17)22(18(2)26-24)11-12-28(16-21-8-5-13-30-21)25(31)27-19-6-4-7-20(15-19)29-3/h4-10,13-15,26H,11-12,16H2,1-3H3,(H,27,31). The molecule has 0 amide bonds. The zero-order valence-electron chi connectivity index (χ0n) is 18.1. The maximum atomic E-state index is 5.78. The number of benzene rings is 2. The third-order valence-electron chi connectivity index (χ3n) is 5.44. The van der Waals surface area contributed by atoms with E-state index in [9.17, 15) is 0 Å². The molecular weight excluding hydrogens is 406 g/mol. The molecule has 6 heteroatoms. The number of aromatic nitrogens is 1. The van der Waals surface area contributed by atoms with Gasteiger partial charge in [-0.25, -0.2) is 0 Å². The molecule has 0 radical (unpaired) electrons. The molecule has 0 aliphatic carbocycles. The van der Waals surface area contributed by atoms with E-state index in [1.165, 1.54) is 27.7 Å². The smallest absolute Gasteiger partial charge is 0.173 e. The molecule has 2 heterocycles. The highest BCUT2D eigenvalue weighted by molar-refractivity contribution is 7.80. The van der Waals surface area contributed by atoms with E-state index in [2.05, 4.69) is 47.2 Å². The van der Waals surface area contributed by atoms with E-state index in [4.69, 9.17) is 21.4 Å². The monoisotopic (exact) mass is 433 g/mol. The van der Waals surface area contributed by atoms with Crippen LogP contribution in [0.1, 0.15) is 22.6 Å². The Morgan fingerprint density at radius 2 is 2.00 bits per heavy atom. The Kier molecular flexibility index (Phi) is 6.28. The molecule has 0 saturated carbocycles. The van der Waals surface area contributed by atoms with Gasteiger partial charge < -0.3 is 24.4 Å². The van der Waals surface area contributed by atoms with E-state index in [1.807, 2.05) is 36.4 Å². The van der Waals surface area contributed by atoms with Gasteiger partial charge in [-0.2, -0.15) is 0 Å². The van der Waals surface area contributed by atoms with Crippen molar-refractivity contribution in [3.63, 3.8) is 0 Å². The average Bonchev–Trinajstić information content (AvgIpc) is 3.38. The molecule has 5 nitrogen and oxygen atoms in total. The zero-order chi connectivity index (χ0) is 21.8. The number of ether oxygens (including phenoxy) is 1. The Bertz CT molecular complexity index is 1180. The molecule has 0 bridgehead atoms. The van der Waals surface area contributed by atoms with Gasteiger partial charge in [0, 0.05) is 34.9 Å². The lowest BCUT2D eigenvalue weighted by Crippen LogP contribution is -2.35. The Hall–Kier alpha value is -3.25. The van der Waals surface area contributed by atoms with Gasteiger partial charge in [0.25, 0.3) is 0 Å². The van der Waals surface area contributed by atoms with Crippen LogP contribution in [0, 0.1) is 13.8 Å². The SMILES string of the molecule is COc1cccc(NC(=S)N(CCc2c(C)[nH]c3ccc(C)cc23)Cc2ccco2)c1. The summed E-state index contributed by atoms with van der Waals surface area (Å²) in [6.45, 7) is 5.62. The zero-order valence-corrected chi connectivity index (χ0v) is 18.9. The lowest BCUT2D eigenvalue weighted by atomic mass is 10.1. The van der Waals surface area contributed by atoms with Gasteiger partial charge >= 0.3 is 0 Å². The van der Waals surface area contributed by atoms with Crippen molar-refractivity contribution in [3.8, 4) is 5.75 Å². The van der Waals surface area contributed by atoms with Crippen molar-refractivity contribution >= 4 is 33.9 Å². The van der Waals surface area contributed by atoms with Crippen LogP contribution >= 0.6 is 12.2 Å². The second kappa shape index (κ2) is 9.27. The van der Waals surface area contributed by atoms with Crippen molar-refractivity contribution in [1.82, 2.24) is 9.88 Å². The molecule has 0 aliphatic heterocycles. The normalized spacial score (nSPS) is 10.9. The summed E-state index contributed by atoms with van der Waals surface area (Å²) in [4.78, 5) is 5.65. The van der Waals surface area contributed by atoms with Crippen molar-refractivity contribution in [3.05, 3.63) is 83.4 Å². The Morgan fingerprint density at radius 1 is 1.13 bits per heavy atom. The first-order valence-electron chi connectivity index (χ1n) is 10.3. The minimum absolute atomic E-state index is 0.600. The van der Waals surface area contributed by atoms with Gasteiger partial charge in [0.2, 0.25) is 0 Å². The number of methoxy groups -OCH3 is 1. The van der Waals surface area contributed by atoms with Gasteiger partial charge in [-0.1, -0.05) is 17.7 Å². The molecule has 0 aliphatic rings. The number of fused-ring (bicyclic) bond motifs is 1. The fraction of sp³-hybridized carbons (Fsp3) is 0.240. The number of furan rings is 1. The van der Waals surface area contributed by atoms with E-state index in [-0.39, 0.29) is 0 Å². The van der Waals surface area contributed by atoms with Gasteiger partial charge in [0.15, 0.2) is 5.11 Å². The summed E-state index contributed by atoms with van der Waals surface area (Å²) in [7, 11) is 1.66. The lowest BCUT2D eigenvalue weighted by molar-refractivity contribution is 0.368. The highest BCUT2D eigenvalue weighted by Gasteiger charge is 2.16. The third-order valence-corrected chi connectivity index (χ3v) is 5.80. The quantitative estimate of drug-likeness (QED) is 0.359. The van der Waals surface area contributed by atoms with Gasteiger partial charge in [0.1, 0.15) is 11.5 Å². The maximum Gasteiger partial charge on any atom is 0.173 e. The second-order valence-corrected chi connectivity index (χ2v) is 8.08. The molecule has 31 heavy (non-hydrogen) atoms. The number of anilines is 1. The summed E-state index contributed by atoms with van der Waals surface area (Å²) >= 11 is 5.78. The molecule has 0 saturated heterocycles. The minimum Gasteiger partial charge on any atom is -0.497 e. The molecule has 0 spiro atoms. The molecule has 2 aromatic carbocycles. The number of H-pyrrole nitrogens is 1. The number of thiocarbonyl (C=S) groups is 1. The molecule has 0 unspecified atom stereocenters. The minimum atomic E-state index is 0.600. The van der Waals surface area contributed by atoms with Crippen LogP contribution in [0.4, 0.5) is 5.69 Å². The first kappa shape index (κ1) is 21.0. The van der Waals surface area contributed by atoms with Gasteiger partial charge in [-0.05, 0) is 74.4 Å². The van der Waals surface area contributed by atoms with Crippen molar-refractivity contribution in [2.75, 3.05) is 19.0 Å². The molecule has 4 aromatic rings. The first-order valence-corrected chi connectivity index (χ1v) is 10.7. The highest BCUT2D eigenvalue weighted by atomic mass is 32.1. The second-order valence-electron chi connectivity index (χ2n) is 7.69. The van der Waals surface area contributed by atoms with E-state index in [1.54, 1.807) is 13.4 Å². The van der Waals surface area contributed by atoms with Gasteiger partial charge in [0.05, 0.1) is 19.9 Å². The lowest BCUT2D eigenvalue weighted by Gasteiger charge is -2.25. The van der Waals surface area contributed by atoms with Crippen LogP contribution in [-0.4, -0.2) is 28.7 Å². The summed E-state index contributed by atoms with van der Waals surface area (Å²) in [6, 6.07) is 18.2. The number of nitrogens with one attached hydrogen (secondary N) is 2. The van der Waals surface area contributed by atoms with Crippen LogP contribution < -0.4 is 10.1 Å². The Morgan fingerprint density at radius 3 is 2.77 bits per heavy atom. The largest absolute Gasteiger partial charge is 0.497 e. The Labute approximate surface area is 188 Å². The van der Waals surface area contributed by atoms with Crippen LogP contribution in [0.25, 0.3) is 10.9 Å². The van der Waals surface area contributed by atoms with Crippen LogP contribution in [0.15, 0.2) is 65.3 Å². The van der Waals surface area contributed by atoms with Crippen molar-refractivity contribution < 1.29 is 9.15 Å². The van der Waals surface area contributed by atoms with Crippen LogP contribution in [-0.2, 0) is 13.0 Å². The number of hydrogen-bond acceptors (Lipinski definition) is 3. The predicted octanol–water partition coefficient (Wildman–Crippen LogP) is 5.83. The number of aromatic amines is 1. The van der Waals surface area contributed by atoms with Gasteiger partial charge in [-0.3, -0.25) is 0 Å². The molecular formula is C25H27N3O2S. The van der Waals surface area contributed by atoms with Crippen molar-refractivity contribution in [1.29, 1.82) is 0 Å². The third kappa shape index (κ3) is 4.91. The fourth-order valence-corrected chi connectivity index (χ4v) is 4.09. The fourth-order valence-electron chi connectivity index (χ4n) is 3.81. The molecule has 0 atom stereocenters. The van der Waals surface area contributed by atoms with E-state index >= 15 is 0 Å². The van der Waals surface area contributed by atoms with E-state index in [0.29, 0.717) is 11.7 Å².